The van der Waals surface area contributed by atoms with Gasteiger partial charge in [0.1, 0.15) is 11.6 Å². The lowest BCUT2D eigenvalue weighted by molar-refractivity contribution is -0.384. The largest absolute Gasteiger partial charge is 0.399 e. The Morgan fingerprint density at radius 2 is 1.21 bits per heavy atom. The van der Waals surface area contributed by atoms with Crippen molar-refractivity contribution in [1.82, 2.24) is 9.13 Å². The third kappa shape index (κ3) is 5.54. The molecule has 2 heterocycles. The van der Waals surface area contributed by atoms with Crippen LogP contribution in [-0.2, 0) is 13.1 Å². The van der Waals surface area contributed by atoms with Crippen molar-refractivity contribution < 1.29 is 13.7 Å². The maximum absolute atomic E-state index is 13.2. The zero-order chi connectivity index (χ0) is 26.6. The van der Waals surface area contributed by atoms with Crippen molar-refractivity contribution in [2.75, 3.05) is 5.73 Å². The van der Waals surface area contributed by atoms with Gasteiger partial charge in [0.15, 0.2) is 0 Å². The molecule has 2 aromatic heterocycles. The van der Waals surface area contributed by atoms with Crippen LogP contribution in [0.3, 0.4) is 0 Å². The number of aromatic nitrogens is 2. The van der Waals surface area contributed by atoms with Gasteiger partial charge in [-0.3, -0.25) is 10.1 Å². The van der Waals surface area contributed by atoms with Crippen LogP contribution in [-0.4, -0.2) is 14.1 Å². The second-order valence-corrected chi connectivity index (χ2v) is 8.97. The van der Waals surface area contributed by atoms with Crippen LogP contribution in [0.5, 0.6) is 0 Å². The molecule has 0 bridgehead atoms. The van der Waals surface area contributed by atoms with Gasteiger partial charge in [-0.15, -0.1) is 0 Å². The molecule has 0 fully saturated rings. The summed E-state index contributed by atoms with van der Waals surface area (Å²) in [5.41, 5.74) is 10.4. The number of fused-ring (bicyclic) bond motifs is 2. The fourth-order valence-corrected chi connectivity index (χ4v) is 4.46. The van der Waals surface area contributed by atoms with Gasteiger partial charge in [0, 0.05) is 65.1 Å². The molecule has 4 aromatic carbocycles. The number of nitro groups is 1. The lowest BCUT2D eigenvalue weighted by Crippen LogP contribution is -1.98. The van der Waals surface area contributed by atoms with Gasteiger partial charge in [-0.1, -0.05) is 24.3 Å². The molecule has 0 spiro atoms. The Morgan fingerprint density at radius 1 is 0.684 bits per heavy atom. The molecule has 0 saturated heterocycles. The van der Waals surface area contributed by atoms with E-state index in [0.29, 0.717) is 13.1 Å². The van der Waals surface area contributed by atoms with Crippen molar-refractivity contribution in [2.45, 2.75) is 13.1 Å². The summed E-state index contributed by atoms with van der Waals surface area (Å²) in [5, 5.41) is 12.6. The molecule has 0 atom stereocenters. The molecule has 2 N–H and O–H groups in total. The maximum atomic E-state index is 13.2. The number of nitro benzene ring substituents is 1. The number of hydrogen-bond acceptors (Lipinski definition) is 3. The van der Waals surface area contributed by atoms with Crippen molar-refractivity contribution in [3.05, 3.63) is 142 Å². The Hall–Kier alpha value is -4.98. The average Bonchev–Trinajstić information content (AvgIpc) is 3.47. The molecule has 6 aromatic rings. The zero-order valence-corrected chi connectivity index (χ0v) is 20.3. The van der Waals surface area contributed by atoms with E-state index in [-0.39, 0.29) is 17.3 Å². The number of non-ortho nitro benzene ring substituents is 1. The minimum atomic E-state index is -0.413. The van der Waals surface area contributed by atoms with E-state index in [1.807, 2.05) is 59.4 Å². The van der Waals surface area contributed by atoms with E-state index >= 15 is 0 Å². The Bertz CT molecular complexity index is 1760. The summed E-state index contributed by atoms with van der Waals surface area (Å²) in [4.78, 5) is 10.3. The molecular weight excluding hydrogens is 486 g/mol. The Morgan fingerprint density at radius 3 is 1.74 bits per heavy atom. The third-order valence-corrected chi connectivity index (χ3v) is 6.24. The SMILES string of the molecule is Nc1ccc2c(ccn2Cc2cccc(F)c2)c1.O=[N+]([O-])c1ccc2c(ccn2Cc2cccc(F)c2)c1. The fourth-order valence-electron chi connectivity index (χ4n) is 4.46. The van der Waals surface area contributed by atoms with Crippen LogP contribution in [0.4, 0.5) is 20.2 Å². The summed E-state index contributed by atoms with van der Waals surface area (Å²) in [6.07, 6.45) is 3.84. The number of nitrogens with zero attached hydrogens (tertiary/aromatic N) is 3. The molecular formula is C30H24F2N4O2. The quantitative estimate of drug-likeness (QED) is 0.152. The summed E-state index contributed by atoms with van der Waals surface area (Å²) < 4.78 is 30.3. The van der Waals surface area contributed by atoms with E-state index in [0.717, 1.165) is 38.6 Å². The van der Waals surface area contributed by atoms with Gasteiger partial charge in [-0.2, -0.15) is 0 Å². The molecule has 0 aliphatic rings. The third-order valence-electron chi connectivity index (χ3n) is 6.24. The van der Waals surface area contributed by atoms with Crippen molar-refractivity contribution >= 4 is 33.2 Å². The van der Waals surface area contributed by atoms with Crippen molar-refractivity contribution in [2.24, 2.45) is 0 Å². The highest BCUT2D eigenvalue weighted by Crippen LogP contribution is 2.23. The minimum absolute atomic E-state index is 0.0704. The Kier molecular flexibility index (Phi) is 6.86. The van der Waals surface area contributed by atoms with Gasteiger partial charge in [0.2, 0.25) is 0 Å². The van der Waals surface area contributed by atoms with E-state index in [2.05, 4.69) is 4.57 Å². The van der Waals surface area contributed by atoms with E-state index in [9.17, 15) is 18.9 Å². The standard InChI is InChI=1S/C15H11FN2O2.C15H13FN2/c16-13-3-1-2-11(8-13)10-17-7-6-12-9-14(18(19)20)4-5-15(12)17;16-13-3-1-2-11(8-13)10-18-7-6-12-9-14(17)4-5-15(12)18/h1-9H,10H2;1-9H,10,17H2. The van der Waals surface area contributed by atoms with Gasteiger partial charge in [0.25, 0.3) is 5.69 Å². The smallest absolute Gasteiger partial charge is 0.270 e. The molecule has 0 radical (unpaired) electrons. The number of nitrogen functional groups attached to an aromatic ring is 1. The summed E-state index contributed by atoms with van der Waals surface area (Å²) >= 11 is 0. The first kappa shape index (κ1) is 24.7. The van der Waals surface area contributed by atoms with Gasteiger partial charge >= 0.3 is 0 Å². The van der Waals surface area contributed by atoms with Gasteiger partial charge in [-0.05, 0) is 71.8 Å². The van der Waals surface area contributed by atoms with Crippen LogP contribution in [0, 0.1) is 21.7 Å². The summed E-state index contributed by atoms with van der Waals surface area (Å²) in [5.74, 6) is -0.470. The second kappa shape index (κ2) is 10.6. The monoisotopic (exact) mass is 510 g/mol. The Labute approximate surface area is 217 Å². The first-order valence-electron chi connectivity index (χ1n) is 11.9. The van der Waals surface area contributed by atoms with Crippen LogP contribution in [0.25, 0.3) is 21.8 Å². The first-order chi connectivity index (χ1) is 18.4. The highest BCUT2D eigenvalue weighted by atomic mass is 19.1. The van der Waals surface area contributed by atoms with Gasteiger partial charge in [-0.25, -0.2) is 8.78 Å². The highest BCUT2D eigenvalue weighted by Gasteiger charge is 2.09. The molecule has 0 saturated carbocycles. The van der Waals surface area contributed by atoms with Gasteiger partial charge < -0.3 is 14.9 Å². The van der Waals surface area contributed by atoms with Crippen molar-refractivity contribution in [1.29, 1.82) is 0 Å². The van der Waals surface area contributed by atoms with E-state index in [1.165, 1.54) is 30.3 Å². The topological polar surface area (TPSA) is 79.0 Å². The Balaban J connectivity index is 0.000000156. The molecule has 8 heteroatoms. The fraction of sp³-hybridized carbons (Fsp3) is 0.0667. The molecule has 6 nitrogen and oxygen atoms in total. The van der Waals surface area contributed by atoms with E-state index < -0.39 is 4.92 Å². The van der Waals surface area contributed by atoms with Crippen molar-refractivity contribution in [3.63, 3.8) is 0 Å². The predicted molar refractivity (Wildman–Crippen MR) is 146 cm³/mol. The first-order valence-corrected chi connectivity index (χ1v) is 11.9. The summed E-state index contributed by atoms with van der Waals surface area (Å²) in [6.45, 7) is 1.18. The number of anilines is 1. The molecule has 38 heavy (non-hydrogen) atoms. The summed E-state index contributed by atoms with van der Waals surface area (Å²) in [6, 6.07) is 27.5. The van der Waals surface area contributed by atoms with Crippen LogP contribution in [0.15, 0.2) is 109 Å². The molecule has 0 amide bonds. The molecule has 0 unspecified atom stereocenters. The number of halogens is 2. The molecule has 190 valence electrons. The normalized spacial score (nSPS) is 10.9. The van der Waals surface area contributed by atoms with Crippen molar-refractivity contribution in [3.8, 4) is 0 Å². The number of nitrogens with two attached hydrogens (primary N) is 1. The molecule has 0 aliphatic carbocycles. The van der Waals surface area contributed by atoms with Crippen LogP contribution < -0.4 is 5.73 Å². The van der Waals surface area contributed by atoms with E-state index in [4.69, 9.17) is 5.73 Å². The predicted octanol–water partition coefficient (Wildman–Crippen LogP) is 7.15. The van der Waals surface area contributed by atoms with E-state index in [1.54, 1.807) is 24.3 Å². The maximum Gasteiger partial charge on any atom is 0.270 e. The average molecular weight is 511 g/mol. The second-order valence-electron chi connectivity index (χ2n) is 8.97. The van der Waals surface area contributed by atoms with Crippen LogP contribution in [0.1, 0.15) is 11.1 Å². The summed E-state index contributed by atoms with van der Waals surface area (Å²) in [7, 11) is 0. The molecule has 6 rings (SSSR count). The number of hydrogen-bond donors (Lipinski definition) is 1. The van der Waals surface area contributed by atoms with Crippen LogP contribution >= 0.6 is 0 Å². The zero-order valence-electron chi connectivity index (χ0n) is 20.3. The van der Waals surface area contributed by atoms with Gasteiger partial charge in [0.05, 0.1) is 4.92 Å². The molecule has 0 aliphatic heterocycles. The minimum Gasteiger partial charge on any atom is -0.399 e. The van der Waals surface area contributed by atoms with Crippen LogP contribution in [0.2, 0.25) is 0 Å². The lowest BCUT2D eigenvalue weighted by atomic mass is 10.2. The number of rotatable bonds is 5. The lowest BCUT2D eigenvalue weighted by Gasteiger charge is -2.06. The highest BCUT2D eigenvalue weighted by molar-refractivity contribution is 5.83. The number of benzene rings is 4.